The molecular formula is C11H9BrN2O2. The average molecular weight is 281 g/mol. The van der Waals surface area contributed by atoms with Crippen LogP contribution in [0.3, 0.4) is 0 Å². The van der Waals surface area contributed by atoms with Gasteiger partial charge < -0.3 is 9.84 Å². The Morgan fingerprint density at radius 3 is 2.69 bits per heavy atom. The first-order valence-corrected chi connectivity index (χ1v) is 5.42. The van der Waals surface area contributed by atoms with Gasteiger partial charge in [-0.2, -0.15) is 0 Å². The molecule has 5 heteroatoms. The van der Waals surface area contributed by atoms with Gasteiger partial charge in [0.15, 0.2) is 5.75 Å². The summed E-state index contributed by atoms with van der Waals surface area (Å²) in [7, 11) is 0. The van der Waals surface area contributed by atoms with Crippen molar-refractivity contribution < 1.29 is 9.84 Å². The highest BCUT2D eigenvalue weighted by Crippen LogP contribution is 2.30. The van der Waals surface area contributed by atoms with Crippen molar-refractivity contribution in [1.29, 1.82) is 0 Å². The van der Waals surface area contributed by atoms with Gasteiger partial charge in [-0.3, -0.25) is 0 Å². The zero-order valence-electron chi connectivity index (χ0n) is 8.51. The van der Waals surface area contributed by atoms with Crippen LogP contribution < -0.4 is 4.74 Å². The van der Waals surface area contributed by atoms with Gasteiger partial charge in [-0.1, -0.05) is 18.2 Å². The second-order valence-electron chi connectivity index (χ2n) is 3.23. The molecule has 0 radical (unpaired) electrons. The zero-order valence-corrected chi connectivity index (χ0v) is 10.1. The van der Waals surface area contributed by atoms with E-state index in [9.17, 15) is 5.11 Å². The zero-order chi connectivity index (χ0) is 11.5. The Morgan fingerprint density at radius 2 is 2.00 bits per heavy atom. The van der Waals surface area contributed by atoms with Gasteiger partial charge in [0.05, 0.1) is 0 Å². The van der Waals surface area contributed by atoms with Crippen LogP contribution in [0.2, 0.25) is 0 Å². The quantitative estimate of drug-likeness (QED) is 0.919. The van der Waals surface area contributed by atoms with Crippen molar-refractivity contribution in [3.8, 4) is 17.4 Å². The summed E-state index contributed by atoms with van der Waals surface area (Å²) in [6.07, 6.45) is 0. The van der Waals surface area contributed by atoms with E-state index in [2.05, 4.69) is 26.1 Å². The monoisotopic (exact) mass is 280 g/mol. The van der Waals surface area contributed by atoms with Gasteiger partial charge in [0.2, 0.25) is 0 Å². The third kappa shape index (κ3) is 2.30. The fraction of sp³-hybridized carbons (Fsp3) is 0.0909. The summed E-state index contributed by atoms with van der Waals surface area (Å²) in [5.74, 6) is 0.692. The fourth-order valence-electron chi connectivity index (χ4n) is 1.20. The van der Waals surface area contributed by atoms with E-state index in [4.69, 9.17) is 4.74 Å². The lowest BCUT2D eigenvalue weighted by Crippen LogP contribution is -1.92. The summed E-state index contributed by atoms with van der Waals surface area (Å²) in [4.78, 5) is 0. The van der Waals surface area contributed by atoms with Gasteiger partial charge in [0.25, 0.3) is 5.88 Å². The lowest BCUT2D eigenvalue weighted by Gasteiger charge is -2.07. The third-order valence-electron chi connectivity index (χ3n) is 2.01. The first-order chi connectivity index (χ1) is 7.66. The number of rotatable bonds is 2. The van der Waals surface area contributed by atoms with E-state index < -0.39 is 0 Å². The average Bonchev–Trinajstić information content (AvgIpc) is 2.25. The van der Waals surface area contributed by atoms with Gasteiger partial charge >= 0.3 is 0 Å². The molecule has 0 saturated heterocycles. The number of hydrogen-bond donors (Lipinski definition) is 1. The lowest BCUT2D eigenvalue weighted by atomic mass is 10.2. The standard InChI is InChI=1S/C11H9BrN2O2/c1-7-4-2-3-5-9(7)16-11-8(15)6-10(12)13-14-11/h2-6H,1H3,(H,13,15). The normalized spacial score (nSPS) is 10.1. The molecule has 16 heavy (non-hydrogen) atoms. The minimum atomic E-state index is -0.0508. The highest BCUT2D eigenvalue weighted by atomic mass is 79.9. The van der Waals surface area contributed by atoms with E-state index >= 15 is 0 Å². The van der Waals surface area contributed by atoms with Gasteiger partial charge in [-0.15, -0.1) is 10.2 Å². The molecule has 2 rings (SSSR count). The molecule has 1 aromatic heterocycles. The van der Waals surface area contributed by atoms with Crippen LogP contribution in [0.5, 0.6) is 17.4 Å². The van der Waals surface area contributed by atoms with Crippen LogP contribution in [-0.4, -0.2) is 15.3 Å². The van der Waals surface area contributed by atoms with E-state index in [1.807, 2.05) is 25.1 Å². The second kappa shape index (κ2) is 4.49. The van der Waals surface area contributed by atoms with Gasteiger partial charge in [0.1, 0.15) is 10.4 Å². The van der Waals surface area contributed by atoms with E-state index in [1.54, 1.807) is 6.07 Å². The predicted molar refractivity (Wildman–Crippen MR) is 62.6 cm³/mol. The second-order valence-corrected chi connectivity index (χ2v) is 4.04. The number of aryl methyl sites for hydroxylation is 1. The van der Waals surface area contributed by atoms with E-state index in [1.165, 1.54) is 6.07 Å². The molecule has 0 aliphatic carbocycles. The molecule has 0 unspecified atom stereocenters. The molecule has 0 atom stereocenters. The largest absolute Gasteiger partial charge is 0.503 e. The summed E-state index contributed by atoms with van der Waals surface area (Å²) in [5, 5.41) is 17.1. The molecule has 2 aromatic rings. The maximum Gasteiger partial charge on any atom is 0.281 e. The van der Waals surface area contributed by atoms with Crippen molar-refractivity contribution in [3.63, 3.8) is 0 Å². The van der Waals surface area contributed by atoms with Crippen molar-refractivity contribution in [2.75, 3.05) is 0 Å². The number of para-hydroxylation sites is 1. The van der Waals surface area contributed by atoms with E-state index in [-0.39, 0.29) is 11.6 Å². The first kappa shape index (κ1) is 10.9. The summed E-state index contributed by atoms with van der Waals surface area (Å²) in [6.45, 7) is 1.92. The summed E-state index contributed by atoms with van der Waals surface area (Å²) in [6, 6.07) is 8.92. The number of aromatic nitrogens is 2. The van der Waals surface area contributed by atoms with Crippen LogP contribution in [0.4, 0.5) is 0 Å². The van der Waals surface area contributed by atoms with Gasteiger partial charge in [-0.25, -0.2) is 0 Å². The van der Waals surface area contributed by atoms with Crippen molar-refractivity contribution in [3.05, 3.63) is 40.5 Å². The number of ether oxygens (including phenoxy) is 1. The Hall–Kier alpha value is -1.62. The summed E-state index contributed by atoms with van der Waals surface area (Å²) >= 11 is 3.11. The van der Waals surface area contributed by atoms with Crippen LogP contribution in [0.25, 0.3) is 0 Å². The van der Waals surface area contributed by atoms with Crippen LogP contribution in [0.1, 0.15) is 5.56 Å². The number of halogens is 1. The molecule has 0 amide bonds. The Bertz CT molecular complexity index is 517. The van der Waals surface area contributed by atoms with Crippen LogP contribution in [-0.2, 0) is 0 Å². The highest BCUT2D eigenvalue weighted by molar-refractivity contribution is 9.10. The maximum atomic E-state index is 9.59. The van der Waals surface area contributed by atoms with Crippen LogP contribution in [0, 0.1) is 6.92 Å². The predicted octanol–water partition coefficient (Wildman–Crippen LogP) is 3.05. The molecule has 0 aliphatic rings. The van der Waals surface area contributed by atoms with Crippen molar-refractivity contribution in [2.45, 2.75) is 6.92 Å². The Labute approximate surface area is 101 Å². The molecule has 1 N–H and O–H groups in total. The number of nitrogens with zero attached hydrogens (tertiary/aromatic N) is 2. The van der Waals surface area contributed by atoms with Gasteiger partial charge in [0, 0.05) is 6.07 Å². The Kier molecular flexibility index (Phi) is 3.05. The third-order valence-corrected chi connectivity index (χ3v) is 2.40. The minimum Gasteiger partial charge on any atom is -0.503 e. The molecule has 82 valence electrons. The smallest absolute Gasteiger partial charge is 0.281 e. The van der Waals surface area contributed by atoms with Crippen molar-refractivity contribution in [1.82, 2.24) is 10.2 Å². The highest BCUT2D eigenvalue weighted by Gasteiger charge is 2.08. The molecule has 0 saturated carbocycles. The number of aromatic hydroxyl groups is 1. The van der Waals surface area contributed by atoms with Crippen molar-refractivity contribution in [2.24, 2.45) is 0 Å². The molecule has 0 spiro atoms. The molecular weight excluding hydrogens is 272 g/mol. The number of benzene rings is 1. The first-order valence-electron chi connectivity index (χ1n) is 4.62. The molecule has 1 aromatic carbocycles. The van der Waals surface area contributed by atoms with E-state index in [0.717, 1.165) is 5.56 Å². The van der Waals surface area contributed by atoms with Crippen LogP contribution >= 0.6 is 15.9 Å². The minimum absolute atomic E-state index is 0.0508. The lowest BCUT2D eigenvalue weighted by molar-refractivity contribution is 0.389. The fourth-order valence-corrected chi connectivity index (χ4v) is 1.49. The molecule has 0 aliphatic heterocycles. The Morgan fingerprint density at radius 1 is 1.25 bits per heavy atom. The van der Waals surface area contributed by atoms with Crippen LogP contribution in [0.15, 0.2) is 34.9 Å². The topological polar surface area (TPSA) is 55.2 Å². The Balaban J connectivity index is 2.31. The molecule has 1 heterocycles. The molecule has 4 nitrogen and oxygen atoms in total. The van der Waals surface area contributed by atoms with Gasteiger partial charge in [-0.05, 0) is 34.5 Å². The molecule has 0 fully saturated rings. The van der Waals surface area contributed by atoms with E-state index in [0.29, 0.717) is 10.4 Å². The maximum absolute atomic E-state index is 9.59. The molecule has 0 bridgehead atoms. The SMILES string of the molecule is Cc1ccccc1Oc1nnc(Br)cc1O. The summed E-state index contributed by atoms with van der Waals surface area (Å²) in [5.41, 5.74) is 0.964. The number of hydrogen-bond acceptors (Lipinski definition) is 4. The van der Waals surface area contributed by atoms with Crippen molar-refractivity contribution >= 4 is 15.9 Å². The summed E-state index contributed by atoms with van der Waals surface area (Å²) < 4.78 is 5.91.